The van der Waals surface area contributed by atoms with Gasteiger partial charge in [-0.15, -0.1) is 11.8 Å². The minimum absolute atomic E-state index is 0.0615. The summed E-state index contributed by atoms with van der Waals surface area (Å²) in [6.45, 7) is 0. The molecule has 0 aliphatic rings. The number of halogens is 3. The first-order chi connectivity index (χ1) is 8.62. The lowest BCUT2D eigenvalue weighted by Gasteiger charge is -2.10. The second kappa shape index (κ2) is 5.97. The highest BCUT2D eigenvalue weighted by Crippen LogP contribution is 2.32. The van der Waals surface area contributed by atoms with Gasteiger partial charge in [0.1, 0.15) is 15.7 Å². The lowest BCUT2D eigenvalue weighted by molar-refractivity contribution is -0.137. The van der Waals surface area contributed by atoms with E-state index < -0.39 is 21.6 Å². The van der Waals surface area contributed by atoms with Crippen LogP contribution in [0.25, 0.3) is 0 Å². The van der Waals surface area contributed by atoms with E-state index in [0.29, 0.717) is 0 Å². The van der Waals surface area contributed by atoms with Gasteiger partial charge in [-0.2, -0.15) is 13.2 Å². The van der Waals surface area contributed by atoms with Crippen molar-refractivity contribution in [2.75, 3.05) is 23.2 Å². The lowest BCUT2D eigenvalue weighted by atomic mass is 10.2. The van der Waals surface area contributed by atoms with E-state index in [2.05, 4.69) is 4.98 Å². The van der Waals surface area contributed by atoms with Crippen LogP contribution in [0.1, 0.15) is 5.56 Å². The number of hydrazine groups is 1. The van der Waals surface area contributed by atoms with Gasteiger partial charge in [-0.05, 0) is 12.1 Å². The zero-order chi connectivity index (χ0) is 14.7. The van der Waals surface area contributed by atoms with Gasteiger partial charge in [-0.25, -0.2) is 19.2 Å². The molecule has 0 fully saturated rings. The van der Waals surface area contributed by atoms with Crippen molar-refractivity contribution in [2.45, 2.75) is 11.2 Å². The quantitative estimate of drug-likeness (QED) is 0.487. The molecule has 1 rings (SSSR count). The van der Waals surface area contributed by atoms with Crippen LogP contribution in [0.3, 0.4) is 0 Å². The van der Waals surface area contributed by atoms with Gasteiger partial charge in [0.05, 0.1) is 16.3 Å². The normalized spacial score (nSPS) is 12.5. The van der Waals surface area contributed by atoms with E-state index >= 15 is 0 Å². The maximum atomic E-state index is 12.6. The van der Waals surface area contributed by atoms with E-state index in [-0.39, 0.29) is 22.3 Å². The first kappa shape index (κ1) is 16.1. The van der Waals surface area contributed by atoms with Crippen molar-refractivity contribution >= 4 is 27.4 Å². The molecule has 5 nitrogen and oxygen atoms in total. The summed E-state index contributed by atoms with van der Waals surface area (Å²) >= 11 is 0.921. The number of nitrogens with zero attached hydrogens (tertiary/aromatic N) is 1. The first-order valence-electron chi connectivity index (χ1n) is 4.98. The van der Waals surface area contributed by atoms with Gasteiger partial charge in [0.2, 0.25) is 0 Å². The van der Waals surface area contributed by atoms with E-state index in [4.69, 9.17) is 5.84 Å². The molecule has 0 bridgehead atoms. The van der Waals surface area contributed by atoms with E-state index in [0.717, 1.165) is 30.2 Å². The maximum Gasteiger partial charge on any atom is 0.416 e. The zero-order valence-electron chi connectivity index (χ0n) is 9.86. The molecule has 0 saturated carbocycles. The Morgan fingerprint density at radius 1 is 1.42 bits per heavy atom. The zero-order valence-corrected chi connectivity index (χ0v) is 11.5. The van der Waals surface area contributed by atoms with E-state index in [1.54, 1.807) is 0 Å². The van der Waals surface area contributed by atoms with Crippen molar-refractivity contribution in [1.29, 1.82) is 0 Å². The molecule has 0 atom stereocenters. The third-order valence-corrected chi connectivity index (χ3v) is 4.10. The topological polar surface area (TPSA) is 85.1 Å². The molecule has 1 aromatic rings. The Bertz CT molecular complexity index is 546. The number of pyridine rings is 1. The van der Waals surface area contributed by atoms with Crippen molar-refractivity contribution in [3.05, 3.63) is 17.7 Å². The van der Waals surface area contributed by atoms with E-state index in [9.17, 15) is 21.6 Å². The summed E-state index contributed by atoms with van der Waals surface area (Å²) in [5, 5.41) is 0.0615. The van der Waals surface area contributed by atoms with E-state index in [1.807, 2.05) is 5.43 Å². The summed E-state index contributed by atoms with van der Waals surface area (Å²) in [5.74, 6) is 4.90. The molecule has 0 saturated heterocycles. The van der Waals surface area contributed by atoms with Crippen LogP contribution >= 0.6 is 11.8 Å². The molecular formula is C9H12F3N3O2S2. The van der Waals surface area contributed by atoms with Gasteiger partial charge in [-0.3, -0.25) is 0 Å². The Hall–Kier alpha value is -1.00. The summed E-state index contributed by atoms with van der Waals surface area (Å²) in [4.78, 5) is 3.82. The Kier molecular flexibility index (Phi) is 5.04. The van der Waals surface area contributed by atoms with Crippen LogP contribution in [-0.4, -0.2) is 31.2 Å². The molecule has 108 valence electrons. The van der Waals surface area contributed by atoms with Gasteiger partial charge in [-0.1, -0.05) is 0 Å². The number of nitrogens with one attached hydrogen (secondary N) is 1. The third kappa shape index (κ3) is 5.66. The van der Waals surface area contributed by atoms with Crippen LogP contribution in [0, 0.1) is 0 Å². The average molecular weight is 315 g/mol. The summed E-state index contributed by atoms with van der Waals surface area (Å²) in [5.41, 5.74) is 1.15. The summed E-state index contributed by atoms with van der Waals surface area (Å²) in [6.07, 6.45) is -3.46. The van der Waals surface area contributed by atoms with Gasteiger partial charge in [0, 0.05) is 12.0 Å². The molecule has 19 heavy (non-hydrogen) atoms. The monoisotopic (exact) mass is 315 g/mol. The number of nitrogens with two attached hydrogens (primary N) is 1. The molecule has 0 aromatic carbocycles. The average Bonchev–Trinajstić information content (AvgIpc) is 2.25. The van der Waals surface area contributed by atoms with E-state index in [1.165, 1.54) is 0 Å². The third-order valence-electron chi connectivity index (χ3n) is 1.98. The molecular weight excluding hydrogens is 303 g/mol. The minimum atomic E-state index is -4.51. The first-order valence-corrected chi connectivity index (χ1v) is 8.03. The van der Waals surface area contributed by atoms with Crippen molar-refractivity contribution in [2.24, 2.45) is 5.84 Å². The fraction of sp³-hybridized carbons (Fsp3) is 0.444. The lowest BCUT2D eigenvalue weighted by Crippen LogP contribution is -2.12. The number of alkyl halides is 3. The van der Waals surface area contributed by atoms with Crippen molar-refractivity contribution < 1.29 is 21.6 Å². The summed E-state index contributed by atoms with van der Waals surface area (Å²) in [6, 6.07) is 1.63. The fourth-order valence-corrected chi connectivity index (χ4v) is 3.24. The Labute approximate surface area is 112 Å². The van der Waals surface area contributed by atoms with Crippen LogP contribution < -0.4 is 11.3 Å². The highest BCUT2D eigenvalue weighted by Gasteiger charge is 2.31. The van der Waals surface area contributed by atoms with Crippen molar-refractivity contribution in [1.82, 2.24) is 4.98 Å². The molecule has 0 aliphatic carbocycles. The van der Waals surface area contributed by atoms with Gasteiger partial charge in [0.15, 0.2) is 0 Å². The molecule has 0 aliphatic heterocycles. The summed E-state index contributed by atoms with van der Waals surface area (Å²) < 4.78 is 59.6. The van der Waals surface area contributed by atoms with Crippen LogP contribution in [0.15, 0.2) is 17.2 Å². The number of thioether (sulfide) groups is 1. The Morgan fingerprint density at radius 3 is 2.53 bits per heavy atom. The number of hydrogen-bond donors (Lipinski definition) is 2. The maximum absolute atomic E-state index is 12.6. The SMILES string of the molecule is CS(=O)(=O)CCSc1cc(C(F)(F)F)cc(NN)n1. The van der Waals surface area contributed by atoms with Gasteiger partial charge in [0.25, 0.3) is 0 Å². The van der Waals surface area contributed by atoms with Crippen molar-refractivity contribution in [3.8, 4) is 0 Å². The molecule has 0 amide bonds. The second-order valence-corrected chi connectivity index (χ2v) is 7.07. The Morgan fingerprint density at radius 2 is 2.05 bits per heavy atom. The summed E-state index contributed by atoms with van der Waals surface area (Å²) in [7, 11) is -3.16. The molecule has 3 N–H and O–H groups in total. The second-order valence-electron chi connectivity index (χ2n) is 3.70. The van der Waals surface area contributed by atoms with Crippen LogP contribution in [0.5, 0.6) is 0 Å². The number of hydrogen-bond acceptors (Lipinski definition) is 6. The predicted octanol–water partition coefficient (Wildman–Crippen LogP) is 1.52. The molecule has 0 spiro atoms. The highest BCUT2D eigenvalue weighted by atomic mass is 32.2. The smallest absolute Gasteiger partial charge is 0.308 e. The number of rotatable bonds is 5. The highest BCUT2D eigenvalue weighted by molar-refractivity contribution is 8.00. The number of sulfone groups is 1. The molecule has 0 radical (unpaired) electrons. The largest absolute Gasteiger partial charge is 0.416 e. The molecule has 0 unspecified atom stereocenters. The number of aromatic nitrogens is 1. The predicted molar refractivity (Wildman–Crippen MR) is 67.5 cm³/mol. The van der Waals surface area contributed by atoms with Crippen molar-refractivity contribution in [3.63, 3.8) is 0 Å². The van der Waals surface area contributed by atoms with Gasteiger partial charge >= 0.3 is 6.18 Å². The Balaban J connectivity index is 2.89. The number of nitrogen functional groups attached to an aromatic ring is 1. The fourth-order valence-electron chi connectivity index (χ4n) is 1.11. The van der Waals surface area contributed by atoms with Gasteiger partial charge < -0.3 is 5.43 Å². The van der Waals surface area contributed by atoms with Crippen LogP contribution in [-0.2, 0) is 16.0 Å². The molecule has 1 heterocycles. The van der Waals surface area contributed by atoms with Crippen LogP contribution in [0.4, 0.5) is 19.0 Å². The molecule has 10 heteroatoms. The number of anilines is 1. The standard InChI is InChI=1S/C9H12F3N3O2S2/c1-19(16,17)3-2-18-8-5-6(9(10,11)12)4-7(14-8)15-13/h4-5H,2-3,13H2,1H3,(H,14,15). The molecule has 1 aromatic heterocycles. The van der Waals surface area contributed by atoms with Crippen LogP contribution in [0.2, 0.25) is 0 Å². The minimum Gasteiger partial charge on any atom is -0.308 e.